The molecule has 0 saturated heterocycles. The van der Waals surface area contributed by atoms with E-state index in [0.29, 0.717) is 6.42 Å². The molecule has 0 aliphatic carbocycles. The molecule has 0 aromatic carbocycles. The van der Waals surface area contributed by atoms with Crippen LogP contribution in [-0.2, 0) is 18.3 Å². The van der Waals surface area contributed by atoms with E-state index in [1.54, 1.807) is 22.2 Å². The van der Waals surface area contributed by atoms with Crippen molar-refractivity contribution in [2.75, 3.05) is 0 Å². The SMILES string of the molecule is Cn1ncc(-c2cccs2)c1CCC(=O)O. The molecular weight excluding hydrogens is 224 g/mol. The lowest BCUT2D eigenvalue weighted by molar-refractivity contribution is -0.136. The van der Waals surface area contributed by atoms with Gasteiger partial charge in [-0.05, 0) is 11.4 Å². The summed E-state index contributed by atoms with van der Waals surface area (Å²) in [5, 5.41) is 14.9. The van der Waals surface area contributed by atoms with E-state index < -0.39 is 5.97 Å². The average Bonchev–Trinajstić information content (AvgIpc) is 2.83. The molecule has 0 amide bonds. The average molecular weight is 236 g/mol. The first-order chi connectivity index (χ1) is 7.68. The molecular formula is C11H12N2O2S. The van der Waals surface area contributed by atoms with Crippen LogP contribution in [0.25, 0.3) is 10.4 Å². The molecule has 0 fully saturated rings. The summed E-state index contributed by atoms with van der Waals surface area (Å²) in [6, 6.07) is 4.00. The van der Waals surface area contributed by atoms with Crippen LogP contribution in [0.1, 0.15) is 12.1 Å². The van der Waals surface area contributed by atoms with Gasteiger partial charge in [0.15, 0.2) is 0 Å². The number of carboxylic acids is 1. The van der Waals surface area contributed by atoms with Crippen LogP contribution in [0.4, 0.5) is 0 Å². The number of carboxylic acid groups (broad SMARTS) is 1. The molecule has 5 heteroatoms. The Morgan fingerprint density at radius 1 is 1.62 bits per heavy atom. The molecule has 0 spiro atoms. The Morgan fingerprint density at radius 3 is 3.06 bits per heavy atom. The van der Waals surface area contributed by atoms with Crippen LogP contribution in [0, 0.1) is 0 Å². The van der Waals surface area contributed by atoms with Crippen molar-refractivity contribution in [3.8, 4) is 10.4 Å². The van der Waals surface area contributed by atoms with E-state index in [9.17, 15) is 4.79 Å². The number of hydrogen-bond acceptors (Lipinski definition) is 3. The molecule has 84 valence electrons. The molecule has 0 aliphatic rings. The van der Waals surface area contributed by atoms with E-state index in [4.69, 9.17) is 5.11 Å². The summed E-state index contributed by atoms with van der Waals surface area (Å²) in [5.74, 6) is -0.779. The quantitative estimate of drug-likeness (QED) is 0.885. The second kappa shape index (κ2) is 4.49. The number of carbonyl (C=O) groups is 1. The van der Waals surface area contributed by atoms with Crippen LogP contribution in [0.3, 0.4) is 0 Å². The van der Waals surface area contributed by atoms with Gasteiger partial charge in [0.25, 0.3) is 0 Å². The highest BCUT2D eigenvalue weighted by atomic mass is 32.1. The summed E-state index contributed by atoms with van der Waals surface area (Å²) in [7, 11) is 1.84. The van der Waals surface area contributed by atoms with Crippen molar-refractivity contribution >= 4 is 17.3 Å². The zero-order valence-electron chi connectivity index (χ0n) is 8.88. The Hall–Kier alpha value is -1.62. The van der Waals surface area contributed by atoms with Gasteiger partial charge in [-0.2, -0.15) is 5.10 Å². The molecule has 0 unspecified atom stereocenters. The number of aromatic nitrogens is 2. The molecule has 0 bridgehead atoms. The van der Waals surface area contributed by atoms with Gasteiger partial charge in [-0.1, -0.05) is 6.07 Å². The van der Waals surface area contributed by atoms with Crippen LogP contribution in [0.15, 0.2) is 23.7 Å². The van der Waals surface area contributed by atoms with Crippen LogP contribution in [0.2, 0.25) is 0 Å². The Bertz CT molecular complexity index is 488. The van der Waals surface area contributed by atoms with Crippen molar-refractivity contribution in [1.82, 2.24) is 9.78 Å². The Balaban J connectivity index is 2.29. The van der Waals surface area contributed by atoms with Gasteiger partial charge in [0.1, 0.15) is 0 Å². The van der Waals surface area contributed by atoms with Crippen molar-refractivity contribution in [2.45, 2.75) is 12.8 Å². The highest BCUT2D eigenvalue weighted by molar-refractivity contribution is 7.13. The minimum atomic E-state index is -0.779. The topological polar surface area (TPSA) is 55.1 Å². The molecule has 0 aliphatic heterocycles. The predicted molar refractivity (Wildman–Crippen MR) is 62.5 cm³/mol. The fraction of sp³-hybridized carbons (Fsp3) is 0.273. The van der Waals surface area contributed by atoms with E-state index in [1.165, 1.54) is 0 Å². The first kappa shape index (κ1) is 10.9. The van der Waals surface area contributed by atoms with E-state index >= 15 is 0 Å². The summed E-state index contributed by atoms with van der Waals surface area (Å²) in [5.41, 5.74) is 2.02. The minimum Gasteiger partial charge on any atom is -0.481 e. The molecule has 2 rings (SSSR count). The number of aryl methyl sites for hydroxylation is 1. The van der Waals surface area contributed by atoms with Gasteiger partial charge in [0.05, 0.1) is 12.6 Å². The smallest absolute Gasteiger partial charge is 0.303 e. The zero-order chi connectivity index (χ0) is 11.5. The standard InChI is InChI=1S/C11H12N2O2S/c1-13-9(4-5-11(14)15)8(7-12-13)10-3-2-6-16-10/h2-3,6-7H,4-5H2,1H3,(H,14,15). The normalized spacial score (nSPS) is 10.6. The number of thiophene rings is 1. The Kier molecular flexibility index (Phi) is 3.05. The van der Waals surface area contributed by atoms with Gasteiger partial charge >= 0.3 is 5.97 Å². The third-order valence-electron chi connectivity index (χ3n) is 2.42. The van der Waals surface area contributed by atoms with Crippen LogP contribution >= 0.6 is 11.3 Å². The number of nitrogens with zero attached hydrogens (tertiary/aromatic N) is 2. The Morgan fingerprint density at radius 2 is 2.44 bits per heavy atom. The molecule has 2 heterocycles. The van der Waals surface area contributed by atoms with Gasteiger partial charge in [-0.15, -0.1) is 11.3 Å². The number of aliphatic carboxylic acids is 1. The monoisotopic (exact) mass is 236 g/mol. The van der Waals surface area contributed by atoms with E-state index in [-0.39, 0.29) is 6.42 Å². The summed E-state index contributed by atoms with van der Waals surface area (Å²) < 4.78 is 1.75. The number of rotatable bonds is 4. The maximum Gasteiger partial charge on any atom is 0.303 e. The van der Waals surface area contributed by atoms with Crippen molar-refractivity contribution in [3.05, 3.63) is 29.4 Å². The highest BCUT2D eigenvalue weighted by Gasteiger charge is 2.12. The fourth-order valence-corrected chi connectivity index (χ4v) is 2.38. The molecule has 0 radical (unpaired) electrons. The first-order valence-corrected chi connectivity index (χ1v) is 5.83. The van der Waals surface area contributed by atoms with Gasteiger partial charge in [0.2, 0.25) is 0 Å². The lowest BCUT2D eigenvalue weighted by Crippen LogP contribution is -2.03. The van der Waals surface area contributed by atoms with Crippen LogP contribution in [0.5, 0.6) is 0 Å². The molecule has 0 atom stereocenters. The molecule has 4 nitrogen and oxygen atoms in total. The summed E-state index contributed by atoms with van der Waals surface area (Å²) in [6.07, 6.45) is 2.44. The van der Waals surface area contributed by atoms with Crippen LogP contribution < -0.4 is 0 Å². The largest absolute Gasteiger partial charge is 0.481 e. The summed E-state index contributed by atoms with van der Waals surface area (Å²) >= 11 is 1.64. The lowest BCUT2D eigenvalue weighted by atomic mass is 10.1. The molecule has 0 saturated carbocycles. The van der Waals surface area contributed by atoms with Crippen molar-refractivity contribution in [1.29, 1.82) is 0 Å². The van der Waals surface area contributed by atoms with Gasteiger partial charge < -0.3 is 5.11 Å². The van der Waals surface area contributed by atoms with E-state index in [0.717, 1.165) is 16.1 Å². The number of hydrogen-bond donors (Lipinski definition) is 1. The molecule has 16 heavy (non-hydrogen) atoms. The van der Waals surface area contributed by atoms with E-state index in [2.05, 4.69) is 5.10 Å². The third-order valence-corrected chi connectivity index (χ3v) is 3.33. The molecule has 2 aromatic rings. The summed E-state index contributed by atoms with van der Waals surface area (Å²) in [6.45, 7) is 0. The molecule has 2 aromatic heterocycles. The second-order valence-corrected chi connectivity index (χ2v) is 4.45. The maximum absolute atomic E-state index is 10.6. The maximum atomic E-state index is 10.6. The second-order valence-electron chi connectivity index (χ2n) is 3.50. The van der Waals surface area contributed by atoms with Crippen molar-refractivity contribution < 1.29 is 9.90 Å². The summed E-state index contributed by atoms with van der Waals surface area (Å²) in [4.78, 5) is 11.7. The van der Waals surface area contributed by atoms with Gasteiger partial charge in [-0.25, -0.2) is 0 Å². The highest BCUT2D eigenvalue weighted by Crippen LogP contribution is 2.28. The van der Waals surface area contributed by atoms with Gasteiger partial charge in [0, 0.05) is 29.6 Å². The lowest BCUT2D eigenvalue weighted by Gasteiger charge is -2.02. The minimum absolute atomic E-state index is 0.137. The zero-order valence-corrected chi connectivity index (χ0v) is 9.70. The van der Waals surface area contributed by atoms with Crippen molar-refractivity contribution in [2.24, 2.45) is 7.05 Å². The van der Waals surface area contributed by atoms with Crippen LogP contribution in [-0.4, -0.2) is 20.9 Å². The molecule has 1 N–H and O–H groups in total. The third kappa shape index (κ3) is 2.14. The van der Waals surface area contributed by atoms with Crippen molar-refractivity contribution in [3.63, 3.8) is 0 Å². The Labute approximate surface area is 97.2 Å². The van der Waals surface area contributed by atoms with Gasteiger partial charge in [-0.3, -0.25) is 9.48 Å². The van der Waals surface area contributed by atoms with E-state index in [1.807, 2.05) is 24.6 Å². The predicted octanol–water partition coefficient (Wildman–Crippen LogP) is 2.17. The first-order valence-electron chi connectivity index (χ1n) is 4.95. The fourth-order valence-electron chi connectivity index (χ4n) is 1.62.